The molecule has 6 heteroatoms. The van der Waals surface area contributed by atoms with Crippen LogP contribution in [0.25, 0.3) is 5.57 Å². The highest BCUT2D eigenvalue weighted by Crippen LogP contribution is 2.36. The number of nitrogens with zero attached hydrogens (tertiary/aromatic N) is 3. The average molecular weight is 582 g/mol. The van der Waals surface area contributed by atoms with Gasteiger partial charge in [-0.2, -0.15) is 0 Å². The molecule has 0 saturated carbocycles. The molecule has 0 amide bonds. The van der Waals surface area contributed by atoms with E-state index in [1.807, 2.05) is 19.2 Å². The number of thioether (sulfide) groups is 1. The molecule has 0 radical (unpaired) electrons. The lowest BCUT2D eigenvalue weighted by Gasteiger charge is -2.46. The highest BCUT2D eigenvalue weighted by molar-refractivity contribution is 8.03. The molecule has 2 heterocycles. The van der Waals surface area contributed by atoms with Crippen LogP contribution in [0, 0.1) is 5.92 Å². The number of rotatable bonds is 14. The number of allylic oxidation sites excluding steroid dienone is 5. The molecule has 0 unspecified atom stereocenters. The minimum atomic E-state index is 0.530. The van der Waals surface area contributed by atoms with Gasteiger partial charge in [-0.05, 0) is 82.1 Å². The van der Waals surface area contributed by atoms with E-state index in [1.54, 1.807) is 11.8 Å². The van der Waals surface area contributed by atoms with Gasteiger partial charge in [-0.1, -0.05) is 67.6 Å². The molecule has 2 saturated heterocycles. The van der Waals surface area contributed by atoms with E-state index in [1.165, 1.54) is 55.9 Å². The zero-order valence-corrected chi connectivity index (χ0v) is 26.8. The van der Waals surface area contributed by atoms with Crippen molar-refractivity contribution in [3.8, 4) is 0 Å². The normalized spacial score (nSPS) is 19.1. The molecule has 2 aliphatic heterocycles. The highest BCUT2D eigenvalue weighted by atomic mass is 35.5. The van der Waals surface area contributed by atoms with Gasteiger partial charge in [0.1, 0.15) is 0 Å². The van der Waals surface area contributed by atoms with Crippen LogP contribution in [0.15, 0.2) is 82.5 Å². The Kier molecular flexibility index (Phi) is 13.3. The summed E-state index contributed by atoms with van der Waals surface area (Å²) in [6.45, 7) is 20.4. The standard InChI is InChI=1S/C34H48ClN3OS/c1-8-20-39-26(4)22-25(3)33(29-12-14-31(35)15-13-29)27(5)40-21-10-11-28(9-2)34(36-6)30-16-18-38(19-17-30)32-23-37(7)24-32/h9-15,30,32H,4-5,8,16-24H2,1-3,6-7H3/b11-10+,28-9-,33-25-,36-34?. The largest absolute Gasteiger partial charge is 0.498 e. The number of likely N-dealkylation sites (N-methyl/N-ethyl adjacent to an activating group) is 1. The molecule has 40 heavy (non-hydrogen) atoms. The Morgan fingerprint density at radius 3 is 2.42 bits per heavy atom. The van der Waals surface area contributed by atoms with E-state index in [0.717, 1.165) is 45.0 Å². The van der Waals surface area contributed by atoms with Crippen LogP contribution in [0.3, 0.4) is 0 Å². The van der Waals surface area contributed by atoms with E-state index in [4.69, 9.17) is 21.3 Å². The lowest BCUT2D eigenvalue weighted by atomic mass is 9.86. The molecule has 0 aliphatic carbocycles. The van der Waals surface area contributed by atoms with E-state index in [-0.39, 0.29) is 0 Å². The van der Waals surface area contributed by atoms with Crippen molar-refractivity contribution in [3.05, 3.63) is 88.0 Å². The minimum Gasteiger partial charge on any atom is -0.498 e. The lowest BCUT2D eigenvalue weighted by Crippen LogP contribution is -2.59. The van der Waals surface area contributed by atoms with Crippen molar-refractivity contribution in [2.24, 2.45) is 10.9 Å². The van der Waals surface area contributed by atoms with Crippen LogP contribution in [0.2, 0.25) is 5.02 Å². The van der Waals surface area contributed by atoms with Gasteiger partial charge in [-0.15, -0.1) is 11.8 Å². The maximum atomic E-state index is 6.19. The molecule has 2 aliphatic rings. The summed E-state index contributed by atoms with van der Waals surface area (Å²) in [6.07, 6.45) is 10.7. The van der Waals surface area contributed by atoms with Crippen molar-refractivity contribution >= 4 is 34.6 Å². The minimum absolute atomic E-state index is 0.530. The maximum absolute atomic E-state index is 6.19. The van der Waals surface area contributed by atoms with Gasteiger partial charge in [-0.3, -0.25) is 9.89 Å². The number of aliphatic imine (C=N–C) groups is 1. The molecule has 0 N–H and O–H groups in total. The second kappa shape index (κ2) is 16.4. The van der Waals surface area contributed by atoms with Gasteiger partial charge in [-0.25, -0.2) is 0 Å². The smallest absolute Gasteiger partial charge is 0.0928 e. The third kappa shape index (κ3) is 9.24. The monoisotopic (exact) mass is 581 g/mol. The summed E-state index contributed by atoms with van der Waals surface area (Å²) in [5.74, 6) is 2.15. The van der Waals surface area contributed by atoms with Crippen LogP contribution in [-0.4, -0.2) is 74.2 Å². The molecule has 0 aromatic heterocycles. The number of benzene rings is 1. The van der Waals surface area contributed by atoms with Gasteiger partial charge in [0.2, 0.25) is 0 Å². The van der Waals surface area contributed by atoms with Gasteiger partial charge in [0.15, 0.2) is 0 Å². The molecular weight excluding hydrogens is 534 g/mol. The molecule has 1 aromatic rings. The maximum Gasteiger partial charge on any atom is 0.0928 e. The molecule has 218 valence electrons. The topological polar surface area (TPSA) is 28.1 Å². The summed E-state index contributed by atoms with van der Waals surface area (Å²) in [4.78, 5) is 10.9. The first-order valence-electron chi connectivity index (χ1n) is 14.6. The van der Waals surface area contributed by atoms with Gasteiger partial charge in [0, 0.05) is 59.9 Å². The van der Waals surface area contributed by atoms with Gasteiger partial charge >= 0.3 is 0 Å². The van der Waals surface area contributed by atoms with Gasteiger partial charge in [0.05, 0.1) is 12.4 Å². The zero-order valence-electron chi connectivity index (χ0n) is 25.2. The van der Waals surface area contributed by atoms with Crippen LogP contribution < -0.4 is 0 Å². The van der Waals surface area contributed by atoms with E-state index in [9.17, 15) is 0 Å². The predicted octanol–water partition coefficient (Wildman–Crippen LogP) is 8.29. The second-order valence-corrected chi connectivity index (χ2v) is 12.5. The van der Waals surface area contributed by atoms with Crippen LogP contribution in [0.4, 0.5) is 0 Å². The SMILES string of the molecule is C=C(C/C(C)=C(/C(=C)SC/C=C/C(=C/C)C(=NC)C1CCN(C2CN(C)C2)CC1)c1ccc(Cl)cc1)OCCC. The van der Waals surface area contributed by atoms with E-state index < -0.39 is 0 Å². The summed E-state index contributed by atoms with van der Waals surface area (Å²) in [6, 6.07) is 8.74. The summed E-state index contributed by atoms with van der Waals surface area (Å²) in [7, 11) is 4.15. The fraction of sp³-hybridized carbons (Fsp3) is 0.500. The number of piperidine rings is 1. The number of hydrogen-bond donors (Lipinski definition) is 0. The third-order valence-electron chi connectivity index (χ3n) is 7.79. The van der Waals surface area contributed by atoms with Crippen molar-refractivity contribution in [1.82, 2.24) is 9.80 Å². The average Bonchev–Trinajstić information content (AvgIpc) is 2.93. The number of likely N-dealkylation sites (tertiary alicyclic amines) is 2. The fourth-order valence-corrected chi connectivity index (χ4v) is 6.61. The molecule has 1 aromatic carbocycles. The van der Waals surface area contributed by atoms with E-state index >= 15 is 0 Å². The highest BCUT2D eigenvalue weighted by Gasteiger charge is 2.33. The molecule has 0 bridgehead atoms. The van der Waals surface area contributed by atoms with Crippen molar-refractivity contribution in [2.75, 3.05) is 52.6 Å². The zero-order chi connectivity index (χ0) is 29.1. The summed E-state index contributed by atoms with van der Waals surface area (Å²) < 4.78 is 5.78. The predicted molar refractivity (Wildman–Crippen MR) is 177 cm³/mol. The number of ether oxygens (including phenoxy) is 1. The van der Waals surface area contributed by atoms with E-state index in [0.29, 0.717) is 18.9 Å². The second-order valence-electron chi connectivity index (χ2n) is 10.9. The van der Waals surface area contributed by atoms with Crippen molar-refractivity contribution in [3.63, 3.8) is 0 Å². The first-order chi connectivity index (χ1) is 19.3. The molecular formula is C34H48ClN3OS. The Morgan fingerprint density at radius 1 is 1.18 bits per heavy atom. The fourth-order valence-electron chi connectivity index (χ4n) is 5.65. The quantitative estimate of drug-likeness (QED) is 0.125. The Labute approximate surface area is 252 Å². The van der Waals surface area contributed by atoms with Crippen molar-refractivity contribution in [2.45, 2.75) is 52.5 Å². The Balaban J connectivity index is 1.62. The molecule has 0 spiro atoms. The third-order valence-corrected chi connectivity index (χ3v) is 8.95. The first kappa shape index (κ1) is 32.5. The molecule has 0 atom stereocenters. The summed E-state index contributed by atoms with van der Waals surface area (Å²) in [5, 5.41) is 0.728. The van der Waals surface area contributed by atoms with E-state index in [2.05, 4.69) is 81.1 Å². The van der Waals surface area contributed by atoms with Crippen LogP contribution in [0.5, 0.6) is 0 Å². The molecule has 3 rings (SSSR count). The summed E-state index contributed by atoms with van der Waals surface area (Å²) >= 11 is 7.94. The van der Waals surface area contributed by atoms with Crippen molar-refractivity contribution in [1.29, 1.82) is 0 Å². The lowest BCUT2D eigenvalue weighted by molar-refractivity contribution is 0.0353. The number of halogens is 1. The number of hydrogen-bond acceptors (Lipinski definition) is 5. The molecule has 4 nitrogen and oxygen atoms in total. The van der Waals surface area contributed by atoms with Crippen LogP contribution >= 0.6 is 23.4 Å². The van der Waals surface area contributed by atoms with Crippen LogP contribution in [0.1, 0.15) is 52.0 Å². The first-order valence-corrected chi connectivity index (χ1v) is 15.9. The summed E-state index contributed by atoms with van der Waals surface area (Å²) in [5.41, 5.74) is 5.93. The van der Waals surface area contributed by atoms with Crippen LogP contribution in [-0.2, 0) is 4.74 Å². The molecule has 2 fully saturated rings. The van der Waals surface area contributed by atoms with Gasteiger partial charge in [0.25, 0.3) is 0 Å². The Hall–Kier alpha value is -2.05. The Bertz CT molecular complexity index is 1120. The van der Waals surface area contributed by atoms with Crippen molar-refractivity contribution < 1.29 is 4.74 Å². The Morgan fingerprint density at radius 2 is 1.85 bits per heavy atom. The van der Waals surface area contributed by atoms with Gasteiger partial charge < -0.3 is 9.64 Å².